The number of thioether (sulfide) groups is 1. The zero-order valence-corrected chi connectivity index (χ0v) is 18.5. The third kappa shape index (κ3) is 15.0. The zero-order valence-electron chi connectivity index (χ0n) is 16.9. The largest absolute Gasteiger partial charge is 0.390 e. The Labute approximate surface area is 166 Å². The van der Waals surface area contributed by atoms with Crippen molar-refractivity contribution >= 4 is 28.3 Å². The maximum Gasteiger partial charge on any atom is 0.133 e. The van der Waals surface area contributed by atoms with E-state index in [2.05, 4.69) is 33.0 Å². The lowest BCUT2D eigenvalue weighted by atomic mass is 10.00. The van der Waals surface area contributed by atoms with Gasteiger partial charge in [-0.2, -0.15) is 0 Å². The summed E-state index contributed by atoms with van der Waals surface area (Å²) in [4.78, 5) is 0. The van der Waals surface area contributed by atoms with Gasteiger partial charge in [0.2, 0.25) is 0 Å². The van der Waals surface area contributed by atoms with Crippen molar-refractivity contribution in [1.82, 2.24) is 5.32 Å². The number of rotatable bonds is 16. The molecule has 0 rings (SSSR count). The third-order valence-electron chi connectivity index (χ3n) is 4.69. The van der Waals surface area contributed by atoms with Gasteiger partial charge in [-0.1, -0.05) is 90.2 Å². The molecule has 25 heavy (non-hydrogen) atoms. The van der Waals surface area contributed by atoms with Gasteiger partial charge in [0.1, 0.15) is 4.32 Å². The van der Waals surface area contributed by atoms with E-state index in [0.29, 0.717) is 24.2 Å². The number of hydrogen-bond acceptors (Lipinski definition) is 4. The topological polar surface area (TPSA) is 41.5 Å². The van der Waals surface area contributed by atoms with Crippen LogP contribution in [0.1, 0.15) is 79.1 Å². The van der Waals surface area contributed by atoms with E-state index in [9.17, 15) is 5.11 Å². The molecule has 3 nitrogen and oxygen atoms in total. The molecule has 0 heterocycles. The number of unbranched alkanes of at least 4 members (excludes halogenated alkanes) is 2. The molecule has 0 aromatic carbocycles. The molecular weight excluding hydrogens is 350 g/mol. The lowest BCUT2D eigenvalue weighted by molar-refractivity contribution is 0.0288. The second kappa shape index (κ2) is 17.6. The van der Waals surface area contributed by atoms with Crippen LogP contribution in [0.2, 0.25) is 0 Å². The third-order valence-corrected chi connectivity index (χ3v) is 6.15. The summed E-state index contributed by atoms with van der Waals surface area (Å²) in [6.07, 6.45) is 9.41. The maximum absolute atomic E-state index is 10.1. The van der Waals surface area contributed by atoms with E-state index < -0.39 is 6.10 Å². The standard InChI is InChI=1S/C20H41NO2S2/c1-5-9-11-17(7-3)13-21-20(24)25-16-19(22)15-23-14-18(8-4)12-10-6-2/h17-19,22H,5-16H2,1-4H3,(H,21,24). The van der Waals surface area contributed by atoms with Gasteiger partial charge in [0.05, 0.1) is 12.7 Å². The number of aliphatic hydroxyl groups is 1. The van der Waals surface area contributed by atoms with Crippen molar-refractivity contribution in [3.05, 3.63) is 0 Å². The molecule has 2 N–H and O–H groups in total. The number of hydrogen-bond donors (Lipinski definition) is 2. The molecule has 0 amide bonds. The Hall–Kier alpha value is 0.160. The van der Waals surface area contributed by atoms with Gasteiger partial charge < -0.3 is 15.2 Å². The molecule has 0 aliphatic carbocycles. The van der Waals surface area contributed by atoms with Crippen LogP contribution >= 0.6 is 24.0 Å². The Kier molecular flexibility index (Phi) is 17.7. The first-order chi connectivity index (χ1) is 12.1. The van der Waals surface area contributed by atoms with Crippen LogP contribution in [0.15, 0.2) is 0 Å². The molecule has 0 aromatic heterocycles. The Balaban J connectivity index is 3.78. The number of aliphatic hydroxyl groups excluding tert-OH is 1. The fourth-order valence-electron chi connectivity index (χ4n) is 2.71. The predicted octanol–water partition coefficient (Wildman–Crippen LogP) is 5.40. The molecule has 3 unspecified atom stereocenters. The van der Waals surface area contributed by atoms with Crippen LogP contribution in [0, 0.1) is 11.8 Å². The van der Waals surface area contributed by atoms with Crippen molar-refractivity contribution in [2.75, 3.05) is 25.5 Å². The summed E-state index contributed by atoms with van der Waals surface area (Å²) in [6.45, 7) is 11.0. The van der Waals surface area contributed by atoms with E-state index in [1.807, 2.05) is 0 Å². The summed E-state index contributed by atoms with van der Waals surface area (Å²) in [5.41, 5.74) is 0. The van der Waals surface area contributed by atoms with E-state index in [1.54, 1.807) is 0 Å². The lowest BCUT2D eigenvalue weighted by Crippen LogP contribution is -2.28. The zero-order chi connectivity index (χ0) is 18.9. The Morgan fingerprint density at radius 2 is 1.60 bits per heavy atom. The first-order valence-corrected chi connectivity index (χ1v) is 11.6. The molecule has 150 valence electrons. The molecular formula is C20H41NO2S2. The Bertz CT molecular complexity index is 316. The summed E-state index contributed by atoms with van der Waals surface area (Å²) in [7, 11) is 0. The summed E-state index contributed by atoms with van der Waals surface area (Å²) in [6, 6.07) is 0. The van der Waals surface area contributed by atoms with Crippen molar-refractivity contribution in [3.8, 4) is 0 Å². The second-order valence-corrected chi connectivity index (χ2v) is 8.70. The molecule has 0 saturated heterocycles. The average molecular weight is 392 g/mol. The van der Waals surface area contributed by atoms with E-state index >= 15 is 0 Å². The van der Waals surface area contributed by atoms with Crippen molar-refractivity contribution < 1.29 is 9.84 Å². The minimum Gasteiger partial charge on any atom is -0.390 e. The number of nitrogens with one attached hydrogen (secondary N) is 1. The van der Waals surface area contributed by atoms with Crippen molar-refractivity contribution in [2.45, 2.75) is 85.2 Å². The molecule has 0 aliphatic heterocycles. The smallest absolute Gasteiger partial charge is 0.133 e. The van der Waals surface area contributed by atoms with Gasteiger partial charge in [0, 0.05) is 18.9 Å². The molecule has 0 saturated carbocycles. The van der Waals surface area contributed by atoms with Crippen LogP contribution in [0.5, 0.6) is 0 Å². The molecule has 0 aromatic rings. The van der Waals surface area contributed by atoms with E-state index in [-0.39, 0.29) is 0 Å². The van der Waals surface area contributed by atoms with Gasteiger partial charge in [-0.25, -0.2) is 0 Å². The molecule has 0 fully saturated rings. The first kappa shape index (κ1) is 25.2. The van der Waals surface area contributed by atoms with Crippen LogP contribution in [-0.2, 0) is 4.74 Å². The van der Waals surface area contributed by atoms with Crippen LogP contribution in [0.25, 0.3) is 0 Å². The van der Waals surface area contributed by atoms with Crippen molar-refractivity contribution in [3.63, 3.8) is 0 Å². The highest BCUT2D eigenvalue weighted by atomic mass is 32.2. The van der Waals surface area contributed by atoms with Crippen LogP contribution < -0.4 is 5.32 Å². The highest BCUT2D eigenvalue weighted by Crippen LogP contribution is 2.14. The Morgan fingerprint density at radius 3 is 2.16 bits per heavy atom. The van der Waals surface area contributed by atoms with Crippen molar-refractivity contribution in [2.24, 2.45) is 11.8 Å². The first-order valence-electron chi connectivity index (χ1n) is 10.2. The summed E-state index contributed by atoms with van der Waals surface area (Å²) < 4.78 is 6.51. The lowest BCUT2D eigenvalue weighted by Gasteiger charge is -2.18. The van der Waals surface area contributed by atoms with Gasteiger partial charge in [-0.05, 0) is 24.7 Å². The van der Waals surface area contributed by atoms with Gasteiger partial charge in [-0.15, -0.1) is 0 Å². The quantitative estimate of drug-likeness (QED) is 0.345. The minimum atomic E-state index is -0.449. The minimum absolute atomic E-state index is 0.409. The van der Waals surface area contributed by atoms with E-state index in [1.165, 1.54) is 56.7 Å². The average Bonchev–Trinajstić information content (AvgIpc) is 2.62. The maximum atomic E-state index is 10.1. The summed E-state index contributed by atoms with van der Waals surface area (Å²) in [5.74, 6) is 1.92. The van der Waals surface area contributed by atoms with E-state index in [4.69, 9.17) is 17.0 Å². The fourth-order valence-corrected chi connectivity index (χ4v) is 3.62. The van der Waals surface area contributed by atoms with Crippen LogP contribution in [-0.4, -0.2) is 41.0 Å². The normalized spacial score (nSPS) is 14.9. The van der Waals surface area contributed by atoms with E-state index in [0.717, 1.165) is 23.9 Å². The highest BCUT2D eigenvalue weighted by molar-refractivity contribution is 8.23. The van der Waals surface area contributed by atoms with Crippen LogP contribution in [0.4, 0.5) is 0 Å². The molecule has 0 radical (unpaired) electrons. The predicted molar refractivity (Wildman–Crippen MR) is 116 cm³/mol. The van der Waals surface area contributed by atoms with Gasteiger partial charge in [-0.3, -0.25) is 0 Å². The van der Waals surface area contributed by atoms with Gasteiger partial charge in [0.25, 0.3) is 0 Å². The fraction of sp³-hybridized carbons (Fsp3) is 0.950. The number of ether oxygens (including phenoxy) is 1. The van der Waals surface area contributed by atoms with Crippen LogP contribution in [0.3, 0.4) is 0 Å². The van der Waals surface area contributed by atoms with Gasteiger partial charge in [0.15, 0.2) is 0 Å². The van der Waals surface area contributed by atoms with Gasteiger partial charge >= 0.3 is 0 Å². The SMILES string of the molecule is CCCCC(CC)CNC(=S)SCC(O)COCC(CC)CCCC. The summed E-state index contributed by atoms with van der Waals surface area (Å²) in [5, 5.41) is 13.4. The highest BCUT2D eigenvalue weighted by Gasteiger charge is 2.11. The monoisotopic (exact) mass is 391 g/mol. The van der Waals surface area contributed by atoms with Crippen molar-refractivity contribution in [1.29, 1.82) is 0 Å². The molecule has 0 bridgehead atoms. The second-order valence-electron chi connectivity index (χ2n) is 7.00. The summed E-state index contributed by atoms with van der Waals surface area (Å²) >= 11 is 6.90. The Morgan fingerprint density at radius 1 is 1.00 bits per heavy atom. The number of thiocarbonyl (C=S) groups is 1. The molecule has 3 atom stereocenters. The molecule has 0 aliphatic rings. The molecule has 0 spiro atoms. The molecule has 5 heteroatoms.